The van der Waals surface area contributed by atoms with Crippen LogP contribution in [0.4, 0.5) is 11.4 Å². The summed E-state index contributed by atoms with van der Waals surface area (Å²) in [5, 5.41) is 3.14. The number of aliphatic imine (C=N–C) groups is 1. The van der Waals surface area contributed by atoms with Gasteiger partial charge in [-0.25, -0.2) is 4.99 Å². The van der Waals surface area contributed by atoms with E-state index in [2.05, 4.69) is 10.3 Å². The van der Waals surface area contributed by atoms with Crippen LogP contribution in [0.5, 0.6) is 0 Å². The zero-order valence-electron chi connectivity index (χ0n) is 16.9. The largest absolute Gasteiger partial charge is 0.326 e. The Morgan fingerprint density at radius 1 is 1.11 bits per heavy atom. The number of carbonyl (C=O) groups excluding carboxylic acids is 2. The fourth-order valence-electron chi connectivity index (χ4n) is 3.33. The topological polar surface area (TPSA) is 61.8 Å². The first-order valence-corrected chi connectivity index (χ1v) is 10.1. The minimum Gasteiger partial charge on any atom is -0.326 e. The Bertz CT molecular complexity index is 945. The Hall–Kier alpha value is -2.60. The summed E-state index contributed by atoms with van der Waals surface area (Å²) < 4.78 is 0. The van der Waals surface area contributed by atoms with E-state index in [0.29, 0.717) is 5.17 Å². The molecular weight excluding hydrogens is 370 g/mol. The molecule has 0 spiro atoms. The molecule has 0 aliphatic carbocycles. The van der Waals surface area contributed by atoms with Crippen molar-refractivity contribution < 1.29 is 9.59 Å². The lowest BCUT2D eigenvalue weighted by atomic mass is 10.0. The van der Waals surface area contributed by atoms with Crippen molar-refractivity contribution in [3.8, 4) is 0 Å². The fourth-order valence-corrected chi connectivity index (χ4v) is 4.47. The molecule has 28 heavy (non-hydrogen) atoms. The molecule has 1 aliphatic rings. The van der Waals surface area contributed by atoms with Crippen LogP contribution < -0.4 is 5.32 Å². The standard InChI is InChI=1S/C22H25N3O2S/c1-13-10-15(3)20(16(4)11-13)24-19(26)12-18-21(27)25(5)22(28-18)23-17-9-7-6-8-14(17)2/h6-11,18H,12H2,1-5H3,(H,24,26)/t18-/m0/s1. The van der Waals surface area contributed by atoms with Gasteiger partial charge in [-0.2, -0.15) is 0 Å². The minimum absolute atomic E-state index is 0.0927. The maximum atomic E-state index is 12.6. The van der Waals surface area contributed by atoms with E-state index in [1.165, 1.54) is 16.7 Å². The molecule has 5 nitrogen and oxygen atoms in total. The van der Waals surface area contributed by atoms with Crippen molar-refractivity contribution in [2.24, 2.45) is 4.99 Å². The number of thioether (sulfide) groups is 1. The number of nitrogens with one attached hydrogen (secondary N) is 1. The number of anilines is 1. The number of hydrogen-bond acceptors (Lipinski definition) is 4. The van der Waals surface area contributed by atoms with Crippen molar-refractivity contribution >= 4 is 40.1 Å². The Labute approximate surface area is 170 Å². The summed E-state index contributed by atoms with van der Waals surface area (Å²) in [6.45, 7) is 7.97. The number of nitrogens with zero attached hydrogens (tertiary/aromatic N) is 2. The molecule has 2 aromatic carbocycles. The lowest BCUT2D eigenvalue weighted by Crippen LogP contribution is -2.30. The lowest BCUT2D eigenvalue weighted by molar-refractivity contribution is -0.127. The molecule has 0 radical (unpaired) electrons. The van der Waals surface area contributed by atoms with Gasteiger partial charge in [0, 0.05) is 19.2 Å². The molecule has 6 heteroatoms. The van der Waals surface area contributed by atoms with E-state index in [0.717, 1.165) is 33.6 Å². The molecule has 1 fully saturated rings. The molecular formula is C22H25N3O2S. The average Bonchev–Trinajstić information content (AvgIpc) is 2.88. The number of aryl methyl sites for hydroxylation is 4. The van der Waals surface area contributed by atoms with Gasteiger partial charge < -0.3 is 5.32 Å². The highest BCUT2D eigenvalue weighted by Crippen LogP contribution is 2.32. The van der Waals surface area contributed by atoms with Crippen LogP contribution in [0.1, 0.15) is 28.7 Å². The first-order chi connectivity index (χ1) is 13.3. The van der Waals surface area contributed by atoms with Crippen molar-refractivity contribution in [1.82, 2.24) is 4.90 Å². The van der Waals surface area contributed by atoms with Crippen molar-refractivity contribution in [2.75, 3.05) is 12.4 Å². The maximum Gasteiger partial charge on any atom is 0.242 e. The summed E-state index contributed by atoms with van der Waals surface area (Å²) in [5.74, 6) is -0.253. The van der Waals surface area contributed by atoms with Gasteiger partial charge in [0.2, 0.25) is 11.8 Å². The van der Waals surface area contributed by atoms with Gasteiger partial charge in [0.1, 0.15) is 5.25 Å². The molecule has 2 aromatic rings. The lowest BCUT2D eigenvalue weighted by Gasteiger charge is -2.14. The van der Waals surface area contributed by atoms with Crippen molar-refractivity contribution in [3.63, 3.8) is 0 Å². The molecule has 2 amide bonds. The summed E-state index contributed by atoms with van der Waals surface area (Å²) in [7, 11) is 1.71. The predicted molar refractivity (Wildman–Crippen MR) is 116 cm³/mol. The quantitative estimate of drug-likeness (QED) is 0.828. The molecule has 1 aliphatic heterocycles. The third-order valence-corrected chi connectivity index (χ3v) is 6.01. The highest BCUT2D eigenvalue weighted by Gasteiger charge is 2.37. The molecule has 0 saturated carbocycles. The number of carbonyl (C=O) groups is 2. The minimum atomic E-state index is -0.459. The zero-order valence-corrected chi connectivity index (χ0v) is 17.7. The van der Waals surface area contributed by atoms with E-state index in [1.807, 2.05) is 64.1 Å². The summed E-state index contributed by atoms with van der Waals surface area (Å²) >= 11 is 1.35. The van der Waals surface area contributed by atoms with Gasteiger partial charge in [0.05, 0.1) is 5.69 Å². The monoisotopic (exact) mass is 395 g/mol. The van der Waals surface area contributed by atoms with Gasteiger partial charge in [-0.05, 0) is 50.5 Å². The molecule has 3 rings (SSSR count). The predicted octanol–water partition coefficient (Wildman–Crippen LogP) is 4.51. The van der Waals surface area contributed by atoms with E-state index in [9.17, 15) is 9.59 Å². The first kappa shape index (κ1) is 20.1. The summed E-state index contributed by atoms with van der Waals surface area (Å²) in [6.07, 6.45) is 0.118. The summed E-state index contributed by atoms with van der Waals surface area (Å²) in [6, 6.07) is 11.9. The second-order valence-corrected chi connectivity index (χ2v) is 8.38. The normalized spacial score (nSPS) is 18.0. The molecule has 1 atom stereocenters. The highest BCUT2D eigenvalue weighted by atomic mass is 32.2. The van der Waals surface area contributed by atoms with Crippen LogP contribution in [-0.2, 0) is 9.59 Å². The smallest absolute Gasteiger partial charge is 0.242 e. The van der Waals surface area contributed by atoms with E-state index >= 15 is 0 Å². The van der Waals surface area contributed by atoms with Crippen LogP contribution in [0.15, 0.2) is 41.4 Å². The number of para-hydroxylation sites is 1. The third kappa shape index (κ3) is 4.28. The Balaban J connectivity index is 1.72. The number of benzene rings is 2. The SMILES string of the molecule is Cc1cc(C)c(NC(=O)C[C@@H]2SC(=Nc3ccccc3C)N(C)C2=O)c(C)c1. The molecule has 0 aromatic heterocycles. The van der Waals surface area contributed by atoms with Gasteiger partial charge in [0.15, 0.2) is 5.17 Å². The van der Waals surface area contributed by atoms with Gasteiger partial charge in [0.25, 0.3) is 0 Å². The van der Waals surface area contributed by atoms with Crippen LogP contribution in [0.3, 0.4) is 0 Å². The van der Waals surface area contributed by atoms with Crippen LogP contribution in [0.25, 0.3) is 0 Å². The van der Waals surface area contributed by atoms with Crippen LogP contribution in [0.2, 0.25) is 0 Å². The van der Waals surface area contributed by atoms with Crippen LogP contribution in [0, 0.1) is 27.7 Å². The molecule has 0 bridgehead atoms. The Kier molecular flexibility index (Phi) is 5.89. The zero-order chi connectivity index (χ0) is 20.4. The molecule has 1 heterocycles. The number of rotatable bonds is 4. The second kappa shape index (κ2) is 8.19. The highest BCUT2D eigenvalue weighted by molar-refractivity contribution is 8.15. The maximum absolute atomic E-state index is 12.6. The van der Waals surface area contributed by atoms with E-state index < -0.39 is 5.25 Å². The molecule has 1 saturated heterocycles. The van der Waals surface area contributed by atoms with Crippen LogP contribution >= 0.6 is 11.8 Å². The average molecular weight is 396 g/mol. The van der Waals surface area contributed by atoms with Gasteiger partial charge in [-0.1, -0.05) is 47.7 Å². The number of amidine groups is 1. The Morgan fingerprint density at radius 2 is 1.75 bits per heavy atom. The first-order valence-electron chi connectivity index (χ1n) is 9.22. The Morgan fingerprint density at radius 3 is 2.39 bits per heavy atom. The summed E-state index contributed by atoms with van der Waals surface area (Å²) in [5.41, 5.74) is 5.91. The van der Waals surface area contributed by atoms with Crippen LogP contribution in [-0.4, -0.2) is 34.2 Å². The van der Waals surface area contributed by atoms with Gasteiger partial charge >= 0.3 is 0 Å². The molecule has 0 unspecified atom stereocenters. The van der Waals surface area contributed by atoms with E-state index in [4.69, 9.17) is 0 Å². The van der Waals surface area contributed by atoms with Gasteiger partial charge in [-0.3, -0.25) is 14.5 Å². The number of amides is 2. The van der Waals surface area contributed by atoms with Crippen molar-refractivity contribution in [2.45, 2.75) is 39.4 Å². The fraction of sp³-hybridized carbons (Fsp3) is 0.318. The molecule has 146 valence electrons. The van der Waals surface area contributed by atoms with Crippen molar-refractivity contribution in [1.29, 1.82) is 0 Å². The van der Waals surface area contributed by atoms with Crippen molar-refractivity contribution in [3.05, 3.63) is 58.7 Å². The van der Waals surface area contributed by atoms with E-state index in [1.54, 1.807) is 7.05 Å². The molecule has 1 N–H and O–H groups in total. The van der Waals surface area contributed by atoms with Gasteiger partial charge in [-0.15, -0.1) is 0 Å². The second-order valence-electron chi connectivity index (χ2n) is 7.21. The number of hydrogen-bond donors (Lipinski definition) is 1. The van der Waals surface area contributed by atoms with E-state index in [-0.39, 0.29) is 18.2 Å². The summed E-state index contributed by atoms with van der Waals surface area (Å²) in [4.78, 5) is 31.4. The third-order valence-electron chi connectivity index (χ3n) is 4.78.